The Bertz CT molecular complexity index is 1290. The molecule has 2 aromatic rings. The van der Waals surface area contributed by atoms with Gasteiger partial charge in [0.25, 0.3) is 5.91 Å². The Labute approximate surface area is 220 Å². The van der Waals surface area contributed by atoms with Crippen molar-refractivity contribution < 1.29 is 46.1 Å². The maximum absolute atomic E-state index is 14.9. The number of carbonyl (C=O) groups is 2. The molecular weight excluding hydrogens is 531 g/mol. The molecule has 1 aliphatic rings. The number of hydrogen-bond acceptors (Lipinski definition) is 7. The summed E-state index contributed by atoms with van der Waals surface area (Å²) >= 11 is 0. The summed E-state index contributed by atoms with van der Waals surface area (Å²) in [5.41, 5.74) is -3.17. The van der Waals surface area contributed by atoms with Crippen LogP contribution in [0.4, 0.5) is 39.1 Å². The van der Waals surface area contributed by atoms with Crippen LogP contribution in [0, 0.1) is 17.6 Å². The number of amides is 2. The van der Waals surface area contributed by atoms with Crippen molar-refractivity contribution in [2.75, 3.05) is 24.4 Å². The number of anilines is 3. The van der Waals surface area contributed by atoms with E-state index in [9.17, 15) is 31.5 Å². The highest BCUT2D eigenvalue weighted by atomic mass is 19.4. The normalized spacial score (nSPS) is 22.9. The zero-order chi connectivity index (χ0) is 29.3. The third-order valence-corrected chi connectivity index (χ3v) is 6.73. The van der Waals surface area contributed by atoms with Gasteiger partial charge < -0.3 is 25.2 Å². The van der Waals surface area contributed by atoms with Gasteiger partial charge in [0, 0.05) is 40.9 Å². The van der Waals surface area contributed by atoms with Crippen LogP contribution in [-0.4, -0.2) is 60.2 Å². The van der Waals surface area contributed by atoms with Gasteiger partial charge in [0.05, 0.1) is 26.2 Å². The summed E-state index contributed by atoms with van der Waals surface area (Å²) in [6.45, 7) is 6.24. The number of alkyl halides is 3. The number of carbonyl (C=O) groups excluding carboxylic acids is 2. The number of aliphatic imine (C=N–C) groups is 1. The summed E-state index contributed by atoms with van der Waals surface area (Å²) in [6.07, 6.45) is -6.14. The first-order valence-corrected chi connectivity index (χ1v) is 11.7. The molecule has 1 saturated heterocycles. The lowest BCUT2D eigenvalue weighted by atomic mass is 9.76. The van der Waals surface area contributed by atoms with Gasteiger partial charge >= 0.3 is 6.18 Å². The van der Waals surface area contributed by atoms with E-state index in [0.717, 1.165) is 20.1 Å². The highest BCUT2D eigenvalue weighted by Crippen LogP contribution is 2.56. The largest absolute Gasteiger partial charge is 0.493 e. The second-order valence-electron chi connectivity index (χ2n) is 9.15. The molecule has 4 atom stereocenters. The second-order valence-corrected chi connectivity index (χ2v) is 9.15. The van der Waals surface area contributed by atoms with Crippen LogP contribution in [0.3, 0.4) is 0 Å². The third-order valence-electron chi connectivity index (χ3n) is 6.73. The molecule has 1 aromatic carbocycles. The summed E-state index contributed by atoms with van der Waals surface area (Å²) in [7, 11) is 1.05. The number of aliphatic hydroxyl groups excluding tert-OH is 1. The van der Waals surface area contributed by atoms with E-state index in [0.29, 0.717) is 0 Å². The van der Waals surface area contributed by atoms with Gasteiger partial charge in [0.2, 0.25) is 11.7 Å². The van der Waals surface area contributed by atoms with E-state index in [-0.39, 0.29) is 34.9 Å². The molecule has 2 heterocycles. The molecule has 9 nitrogen and oxygen atoms in total. The van der Waals surface area contributed by atoms with Crippen LogP contribution in [-0.2, 0) is 9.53 Å². The molecule has 3 N–H and O–H groups in total. The zero-order valence-electron chi connectivity index (χ0n) is 21.4. The van der Waals surface area contributed by atoms with Gasteiger partial charge in [0.1, 0.15) is 11.5 Å². The monoisotopic (exact) mass is 558 g/mol. The van der Waals surface area contributed by atoms with Crippen molar-refractivity contribution in [2.24, 2.45) is 10.9 Å². The van der Waals surface area contributed by atoms with Crippen molar-refractivity contribution in [3.8, 4) is 5.75 Å². The fourth-order valence-electron chi connectivity index (χ4n) is 4.70. The standard InChI is InChI=1S/C25H27F5N4O5/c1-11-19(12(2)39-24(11,3)25(28,29)30)20-15(10-14(26)21(27)22(20)38-5)32-13-8-16(23(37)31-4)33-17(9-13)34-18(36)6-7-35/h8-12,19,35H,4,6-7H2,1-3,5H3,(H2,32,33,34,36)/t11-,12-,19+,24+/m0/s1. The molecule has 0 unspecified atom stereocenters. The highest BCUT2D eigenvalue weighted by Gasteiger charge is 2.64. The van der Waals surface area contributed by atoms with Crippen LogP contribution in [0.15, 0.2) is 23.2 Å². The number of methoxy groups -OCH3 is 1. The Morgan fingerprint density at radius 1 is 1.26 bits per heavy atom. The Kier molecular flexibility index (Phi) is 8.60. The minimum Gasteiger partial charge on any atom is -0.493 e. The molecule has 0 saturated carbocycles. The van der Waals surface area contributed by atoms with Crippen molar-refractivity contribution >= 4 is 35.7 Å². The van der Waals surface area contributed by atoms with Crippen LogP contribution in [0.25, 0.3) is 0 Å². The molecular formula is C25H27F5N4O5. The molecule has 0 spiro atoms. The lowest BCUT2D eigenvalue weighted by Gasteiger charge is -2.32. The number of nitrogens with zero attached hydrogens (tertiary/aromatic N) is 2. The summed E-state index contributed by atoms with van der Waals surface area (Å²) < 4.78 is 81.9. The van der Waals surface area contributed by atoms with E-state index >= 15 is 0 Å². The average Bonchev–Trinajstić information content (AvgIpc) is 3.09. The molecule has 0 bridgehead atoms. The van der Waals surface area contributed by atoms with Gasteiger partial charge in [-0.1, -0.05) is 6.92 Å². The number of nitrogens with one attached hydrogen (secondary N) is 2. The molecule has 1 fully saturated rings. The number of aromatic nitrogens is 1. The van der Waals surface area contributed by atoms with Crippen LogP contribution in [0.2, 0.25) is 0 Å². The van der Waals surface area contributed by atoms with Crippen LogP contribution >= 0.6 is 0 Å². The Morgan fingerprint density at radius 3 is 2.46 bits per heavy atom. The molecule has 0 aliphatic carbocycles. The van der Waals surface area contributed by atoms with Crippen LogP contribution < -0.4 is 15.4 Å². The second kappa shape index (κ2) is 11.2. The summed E-state index contributed by atoms with van der Waals surface area (Å²) in [4.78, 5) is 31.4. The van der Waals surface area contributed by atoms with Crippen molar-refractivity contribution in [2.45, 2.75) is 51.0 Å². The first-order valence-electron chi connectivity index (χ1n) is 11.7. The lowest BCUT2D eigenvalue weighted by Crippen LogP contribution is -2.46. The van der Waals surface area contributed by atoms with Gasteiger partial charge in [-0.25, -0.2) is 14.4 Å². The van der Waals surface area contributed by atoms with Crippen molar-refractivity contribution in [1.82, 2.24) is 4.98 Å². The number of pyridine rings is 1. The van der Waals surface area contributed by atoms with E-state index < -0.39 is 65.5 Å². The molecule has 3 rings (SSSR count). The number of ether oxygens (including phenoxy) is 2. The van der Waals surface area contributed by atoms with Gasteiger partial charge in [-0.2, -0.15) is 17.6 Å². The fraction of sp³-hybridized carbons (Fsp3) is 0.440. The summed E-state index contributed by atoms with van der Waals surface area (Å²) in [5.74, 6) is -7.44. The molecule has 1 aromatic heterocycles. The predicted molar refractivity (Wildman–Crippen MR) is 132 cm³/mol. The first kappa shape index (κ1) is 29.9. The average molecular weight is 559 g/mol. The van der Waals surface area contributed by atoms with Gasteiger partial charge in [-0.05, 0) is 26.6 Å². The van der Waals surface area contributed by atoms with Crippen LogP contribution in [0.5, 0.6) is 5.75 Å². The molecule has 39 heavy (non-hydrogen) atoms. The maximum atomic E-state index is 14.9. The molecule has 14 heteroatoms. The predicted octanol–water partition coefficient (Wildman–Crippen LogP) is 4.73. The van der Waals surface area contributed by atoms with Crippen molar-refractivity contribution in [3.63, 3.8) is 0 Å². The first-order chi connectivity index (χ1) is 18.2. The maximum Gasteiger partial charge on any atom is 0.417 e. The lowest BCUT2D eigenvalue weighted by molar-refractivity contribution is -0.273. The molecule has 212 valence electrons. The smallest absolute Gasteiger partial charge is 0.417 e. The third kappa shape index (κ3) is 5.71. The number of hydrogen-bond donors (Lipinski definition) is 3. The quantitative estimate of drug-likeness (QED) is 0.316. The topological polar surface area (TPSA) is 122 Å². The number of halogens is 5. The number of benzene rings is 1. The molecule has 2 amide bonds. The molecule has 0 radical (unpaired) electrons. The minimum absolute atomic E-state index is 0.0171. The Morgan fingerprint density at radius 2 is 1.92 bits per heavy atom. The number of rotatable bonds is 8. The van der Waals surface area contributed by atoms with Gasteiger partial charge in [0.15, 0.2) is 17.2 Å². The van der Waals surface area contributed by atoms with Gasteiger partial charge in [-0.15, -0.1) is 0 Å². The molecule has 1 aliphatic heterocycles. The van der Waals surface area contributed by atoms with Crippen molar-refractivity contribution in [1.29, 1.82) is 0 Å². The van der Waals surface area contributed by atoms with E-state index in [4.69, 9.17) is 14.6 Å². The Balaban J connectivity index is 2.19. The van der Waals surface area contributed by atoms with Gasteiger partial charge in [-0.3, -0.25) is 9.59 Å². The van der Waals surface area contributed by atoms with E-state index in [1.165, 1.54) is 26.0 Å². The number of aliphatic hydroxyl groups is 1. The zero-order valence-corrected chi connectivity index (χ0v) is 21.4. The SMILES string of the molecule is C=NC(=O)c1cc(Nc2cc(F)c(F)c(OC)c2[C@H]2[C@H](C)O[C@@](C)(C(F)(F)F)[C@H]2C)cc(NC(=O)CCO)n1. The fourth-order valence-corrected chi connectivity index (χ4v) is 4.70. The van der Waals surface area contributed by atoms with Crippen molar-refractivity contribution in [3.05, 3.63) is 41.1 Å². The van der Waals surface area contributed by atoms with E-state index in [1.807, 2.05) is 0 Å². The summed E-state index contributed by atoms with van der Waals surface area (Å²) in [6, 6.07) is 3.16. The van der Waals surface area contributed by atoms with E-state index in [2.05, 4.69) is 27.3 Å². The summed E-state index contributed by atoms with van der Waals surface area (Å²) in [5, 5.41) is 14.1. The van der Waals surface area contributed by atoms with E-state index in [1.54, 1.807) is 0 Å². The highest BCUT2D eigenvalue weighted by molar-refractivity contribution is 5.98. The van der Waals surface area contributed by atoms with Crippen LogP contribution in [0.1, 0.15) is 49.2 Å². The minimum atomic E-state index is -4.77. The Hall–Kier alpha value is -3.65.